The summed E-state index contributed by atoms with van der Waals surface area (Å²) in [7, 11) is 0. The van der Waals surface area contributed by atoms with Gasteiger partial charge in [-0.15, -0.1) is 11.8 Å². The molecule has 11 aromatic rings. The van der Waals surface area contributed by atoms with Crippen molar-refractivity contribution in [3.8, 4) is 51.1 Å². The van der Waals surface area contributed by atoms with E-state index >= 15 is 0 Å². The van der Waals surface area contributed by atoms with Crippen molar-refractivity contribution in [3.63, 3.8) is 0 Å². The lowest BCUT2D eigenvalue weighted by molar-refractivity contribution is 0.666. The third-order valence-corrected chi connectivity index (χ3v) is 13.6. The smallest absolute Gasteiger partial charge is 0.180 e. The third kappa shape index (κ3) is 5.86. The minimum Gasteiger partial charge on any atom is -0.452 e. The number of aromatic nitrogens is 6. The topological polar surface area (TPSA) is 82.5 Å². The van der Waals surface area contributed by atoms with Crippen LogP contribution in [-0.4, -0.2) is 34.7 Å². The van der Waals surface area contributed by atoms with Crippen LogP contribution in [-0.2, 0) is 0 Å². The second-order valence-electron chi connectivity index (χ2n) is 15.9. The molecule has 2 aliphatic rings. The van der Waals surface area contributed by atoms with Crippen LogP contribution in [0.3, 0.4) is 0 Å². The molecule has 0 spiro atoms. The number of benzene rings is 7. The van der Waals surface area contributed by atoms with Gasteiger partial charge in [0.1, 0.15) is 16.8 Å². The Balaban J connectivity index is 0.922. The molecule has 5 heterocycles. The number of thioether (sulfide) groups is 1. The Morgan fingerprint density at radius 2 is 1.13 bits per heavy atom. The zero-order valence-corrected chi connectivity index (χ0v) is 34.4. The van der Waals surface area contributed by atoms with Gasteiger partial charge in [0.05, 0.1) is 11.0 Å². The van der Waals surface area contributed by atoms with Crippen molar-refractivity contribution in [1.82, 2.24) is 29.5 Å². The van der Waals surface area contributed by atoms with Crippen LogP contribution in [0.1, 0.15) is 17.3 Å². The Morgan fingerprint density at radius 1 is 0.492 bits per heavy atom. The van der Waals surface area contributed by atoms with Gasteiger partial charge < -0.3 is 8.98 Å². The molecular formula is C55H34N6OS. The van der Waals surface area contributed by atoms with Gasteiger partial charge in [0, 0.05) is 65.7 Å². The normalized spacial score (nSPS) is 15.6. The zero-order chi connectivity index (χ0) is 41.4. The second kappa shape index (κ2) is 14.3. The van der Waals surface area contributed by atoms with Gasteiger partial charge in [0.15, 0.2) is 28.9 Å². The van der Waals surface area contributed by atoms with E-state index in [1.165, 1.54) is 15.8 Å². The molecule has 0 bridgehead atoms. The summed E-state index contributed by atoms with van der Waals surface area (Å²) in [4.78, 5) is 27.2. The molecular weight excluding hydrogens is 793 g/mol. The Labute approximate surface area is 366 Å². The molecule has 0 amide bonds. The third-order valence-electron chi connectivity index (χ3n) is 12.2. The number of furan rings is 1. The summed E-state index contributed by atoms with van der Waals surface area (Å²) in [6.07, 6.45) is 6.63. The van der Waals surface area contributed by atoms with Gasteiger partial charge in [-0.25, -0.2) is 24.9 Å². The SMILES string of the molecule is C1=CC2Sc3cc(-c4nc(-c5ccccc5)nc(-c5ccc6c(c5)c5ccccc5n6-c5ccccc5)n4)ccc3C2C(c2nc(-c3ccccc3)c3oc4ccccc4c3n2)=C1. The Morgan fingerprint density at radius 3 is 1.92 bits per heavy atom. The summed E-state index contributed by atoms with van der Waals surface area (Å²) in [5, 5.41) is 3.47. The predicted octanol–water partition coefficient (Wildman–Crippen LogP) is 13.5. The first-order chi connectivity index (χ1) is 31.2. The molecule has 4 aromatic heterocycles. The van der Waals surface area contributed by atoms with Crippen molar-refractivity contribution in [1.29, 1.82) is 0 Å². The summed E-state index contributed by atoms with van der Waals surface area (Å²) < 4.78 is 8.75. The molecule has 2 atom stereocenters. The molecule has 0 fully saturated rings. The quantitative estimate of drug-likeness (QED) is 0.165. The molecule has 8 heteroatoms. The van der Waals surface area contributed by atoms with E-state index in [9.17, 15) is 0 Å². The van der Waals surface area contributed by atoms with Gasteiger partial charge in [-0.2, -0.15) is 0 Å². The average Bonchev–Trinajstić information content (AvgIpc) is 4.03. The van der Waals surface area contributed by atoms with Crippen molar-refractivity contribution < 1.29 is 4.42 Å². The van der Waals surface area contributed by atoms with Crippen molar-refractivity contribution in [2.24, 2.45) is 0 Å². The average molecular weight is 827 g/mol. The maximum Gasteiger partial charge on any atom is 0.180 e. The highest BCUT2D eigenvalue weighted by molar-refractivity contribution is 8.00. The number of rotatable bonds is 6. The van der Waals surface area contributed by atoms with E-state index in [2.05, 4.69) is 144 Å². The fraction of sp³-hybridized carbons (Fsp3) is 0.0364. The first kappa shape index (κ1) is 35.8. The Kier molecular flexibility index (Phi) is 8.14. The maximum absolute atomic E-state index is 6.43. The summed E-state index contributed by atoms with van der Waals surface area (Å²) in [5.74, 6) is 2.65. The molecule has 13 rings (SSSR count). The zero-order valence-electron chi connectivity index (χ0n) is 33.6. The first-order valence-electron chi connectivity index (χ1n) is 21.1. The number of allylic oxidation sites excluding steroid dienone is 3. The minimum absolute atomic E-state index is 0.0573. The van der Waals surface area contributed by atoms with Crippen molar-refractivity contribution >= 4 is 61.2 Å². The van der Waals surface area contributed by atoms with Crippen LogP contribution in [0.15, 0.2) is 203 Å². The fourth-order valence-corrected chi connectivity index (χ4v) is 10.8. The first-order valence-corrected chi connectivity index (χ1v) is 21.9. The molecule has 1 aliphatic carbocycles. The molecule has 0 saturated carbocycles. The van der Waals surface area contributed by atoms with Gasteiger partial charge in [-0.3, -0.25) is 0 Å². The molecule has 7 aromatic carbocycles. The Bertz CT molecular complexity index is 3670. The monoisotopic (exact) mass is 826 g/mol. The Hall–Kier alpha value is -7.94. The summed E-state index contributed by atoms with van der Waals surface area (Å²) in [5.41, 5.74) is 12.6. The van der Waals surface area contributed by atoms with Crippen LogP contribution in [0.2, 0.25) is 0 Å². The van der Waals surface area contributed by atoms with Crippen LogP contribution in [0.4, 0.5) is 0 Å². The van der Waals surface area contributed by atoms with Crippen LogP contribution in [0, 0.1) is 0 Å². The molecule has 1 aliphatic heterocycles. The van der Waals surface area contributed by atoms with E-state index in [1.807, 2.05) is 66.4 Å². The standard InChI is InChI=1S/C55H34N6OS/c1-4-15-33(16-5-1)49-51-50(39-22-11-13-25-45(39)62-51)57-55(56-49)41-23-14-26-46-48(41)40-29-27-36(32-47(40)63-46)54-59-52(34-17-6-2-7-18-34)58-53(60-54)35-28-30-44-42(31-35)38-21-10-12-24-43(38)61(44)37-19-8-3-9-20-37/h1-32,46,48H. The van der Waals surface area contributed by atoms with E-state index in [0.717, 1.165) is 72.1 Å². The predicted molar refractivity (Wildman–Crippen MR) is 255 cm³/mol. The van der Waals surface area contributed by atoms with Gasteiger partial charge in [-0.1, -0.05) is 140 Å². The molecule has 0 saturated heterocycles. The number of fused-ring (bicyclic) bond motifs is 9. The molecule has 63 heavy (non-hydrogen) atoms. The lowest BCUT2D eigenvalue weighted by Gasteiger charge is -2.23. The summed E-state index contributed by atoms with van der Waals surface area (Å²) in [6, 6.07) is 60.8. The van der Waals surface area contributed by atoms with Crippen LogP contribution < -0.4 is 0 Å². The fourth-order valence-electron chi connectivity index (χ4n) is 9.33. The minimum atomic E-state index is 0.0573. The number of hydrogen-bond donors (Lipinski definition) is 0. The summed E-state index contributed by atoms with van der Waals surface area (Å²) in [6.45, 7) is 0. The highest BCUT2D eigenvalue weighted by atomic mass is 32.2. The van der Waals surface area contributed by atoms with Crippen molar-refractivity contribution in [2.45, 2.75) is 16.1 Å². The highest BCUT2D eigenvalue weighted by Crippen LogP contribution is 2.54. The van der Waals surface area contributed by atoms with Gasteiger partial charge in [0.25, 0.3) is 0 Å². The van der Waals surface area contributed by atoms with Gasteiger partial charge in [-0.05, 0) is 60.2 Å². The van der Waals surface area contributed by atoms with E-state index in [1.54, 1.807) is 0 Å². The number of hydrogen-bond acceptors (Lipinski definition) is 7. The highest BCUT2D eigenvalue weighted by Gasteiger charge is 2.38. The lowest BCUT2D eigenvalue weighted by Crippen LogP contribution is -2.14. The van der Waals surface area contributed by atoms with E-state index in [4.69, 9.17) is 29.3 Å². The van der Waals surface area contributed by atoms with Gasteiger partial charge >= 0.3 is 0 Å². The second-order valence-corrected chi connectivity index (χ2v) is 17.2. The maximum atomic E-state index is 6.43. The van der Waals surface area contributed by atoms with Crippen LogP contribution in [0.5, 0.6) is 0 Å². The van der Waals surface area contributed by atoms with Crippen molar-refractivity contribution in [3.05, 3.63) is 206 Å². The molecule has 0 N–H and O–H groups in total. The van der Waals surface area contributed by atoms with E-state index in [0.29, 0.717) is 28.9 Å². The summed E-state index contributed by atoms with van der Waals surface area (Å²) >= 11 is 1.86. The molecule has 2 unspecified atom stereocenters. The number of nitrogens with zero attached hydrogens (tertiary/aromatic N) is 6. The lowest BCUT2D eigenvalue weighted by atomic mass is 9.84. The molecule has 7 nitrogen and oxygen atoms in total. The molecule has 296 valence electrons. The number of para-hydroxylation sites is 3. The van der Waals surface area contributed by atoms with Crippen LogP contribution >= 0.6 is 11.8 Å². The van der Waals surface area contributed by atoms with Crippen molar-refractivity contribution in [2.75, 3.05) is 0 Å². The van der Waals surface area contributed by atoms with E-state index in [-0.39, 0.29) is 11.2 Å². The van der Waals surface area contributed by atoms with Gasteiger partial charge in [0.2, 0.25) is 0 Å². The molecule has 0 radical (unpaired) electrons. The van der Waals surface area contributed by atoms with Crippen LogP contribution in [0.25, 0.3) is 101 Å². The largest absolute Gasteiger partial charge is 0.452 e. The van der Waals surface area contributed by atoms with E-state index < -0.39 is 0 Å².